The number of carbonyl (C=O) groups is 1. The molecule has 1 aromatic heterocycles. The van der Waals surface area contributed by atoms with Crippen molar-refractivity contribution in [2.45, 2.75) is 32.9 Å². The molecule has 1 aromatic rings. The van der Waals surface area contributed by atoms with Crippen molar-refractivity contribution < 1.29 is 4.79 Å². The standard InChI is InChI=1S/C14H22N4O/c1-4-15-10(2)12-5-6-16-13(9-12)18-8-7-17-14(19)11(18)3/h5-6,9-11,15H,4,7-8H2,1-3H3,(H,17,19). The van der Waals surface area contributed by atoms with Gasteiger partial charge in [0.15, 0.2) is 0 Å². The minimum Gasteiger partial charge on any atom is -0.353 e. The lowest BCUT2D eigenvalue weighted by molar-refractivity contribution is -0.122. The van der Waals surface area contributed by atoms with Gasteiger partial charge >= 0.3 is 0 Å². The first-order chi connectivity index (χ1) is 9.13. The zero-order valence-electron chi connectivity index (χ0n) is 11.8. The van der Waals surface area contributed by atoms with Gasteiger partial charge in [-0.1, -0.05) is 6.92 Å². The van der Waals surface area contributed by atoms with Gasteiger partial charge in [0, 0.05) is 25.3 Å². The van der Waals surface area contributed by atoms with Crippen molar-refractivity contribution in [1.82, 2.24) is 15.6 Å². The molecule has 2 N–H and O–H groups in total. The molecule has 0 spiro atoms. The summed E-state index contributed by atoms with van der Waals surface area (Å²) in [6.45, 7) is 8.55. The highest BCUT2D eigenvalue weighted by atomic mass is 16.2. The van der Waals surface area contributed by atoms with Crippen molar-refractivity contribution in [2.75, 3.05) is 24.5 Å². The fourth-order valence-electron chi connectivity index (χ4n) is 2.38. The van der Waals surface area contributed by atoms with Gasteiger partial charge in [0.2, 0.25) is 5.91 Å². The van der Waals surface area contributed by atoms with E-state index in [9.17, 15) is 4.79 Å². The summed E-state index contributed by atoms with van der Waals surface area (Å²) in [4.78, 5) is 18.2. The minimum atomic E-state index is -0.161. The minimum absolute atomic E-state index is 0.0678. The molecule has 1 fully saturated rings. The molecule has 0 aliphatic carbocycles. The molecule has 19 heavy (non-hydrogen) atoms. The van der Waals surface area contributed by atoms with Crippen molar-refractivity contribution >= 4 is 11.7 Å². The molecule has 2 unspecified atom stereocenters. The molecule has 2 rings (SSSR count). The largest absolute Gasteiger partial charge is 0.353 e. The average Bonchev–Trinajstić information content (AvgIpc) is 2.42. The average molecular weight is 262 g/mol. The van der Waals surface area contributed by atoms with Gasteiger partial charge in [-0.3, -0.25) is 4.79 Å². The predicted molar refractivity (Wildman–Crippen MR) is 76.1 cm³/mol. The molecular weight excluding hydrogens is 240 g/mol. The fourth-order valence-corrected chi connectivity index (χ4v) is 2.38. The van der Waals surface area contributed by atoms with Crippen molar-refractivity contribution in [2.24, 2.45) is 0 Å². The Bertz CT molecular complexity index is 449. The van der Waals surface area contributed by atoms with Crippen molar-refractivity contribution in [1.29, 1.82) is 0 Å². The number of hydrogen-bond acceptors (Lipinski definition) is 4. The van der Waals surface area contributed by atoms with Crippen LogP contribution in [0.3, 0.4) is 0 Å². The summed E-state index contributed by atoms with van der Waals surface area (Å²) >= 11 is 0. The van der Waals surface area contributed by atoms with Gasteiger partial charge in [-0.05, 0) is 38.1 Å². The number of amides is 1. The smallest absolute Gasteiger partial charge is 0.242 e. The molecule has 5 heteroatoms. The highest BCUT2D eigenvalue weighted by Gasteiger charge is 2.26. The summed E-state index contributed by atoms with van der Waals surface area (Å²) in [6, 6.07) is 4.22. The zero-order chi connectivity index (χ0) is 13.8. The zero-order valence-corrected chi connectivity index (χ0v) is 11.8. The first-order valence-electron chi connectivity index (χ1n) is 6.87. The molecule has 1 aliphatic rings. The monoisotopic (exact) mass is 262 g/mol. The molecule has 1 amide bonds. The molecule has 0 aromatic carbocycles. The summed E-state index contributed by atoms with van der Waals surface area (Å²) in [7, 11) is 0. The Morgan fingerprint density at radius 3 is 3.16 bits per heavy atom. The van der Waals surface area contributed by atoms with E-state index in [1.165, 1.54) is 5.56 Å². The van der Waals surface area contributed by atoms with Crippen LogP contribution in [0.15, 0.2) is 18.3 Å². The van der Waals surface area contributed by atoms with E-state index in [0.29, 0.717) is 12.6 Å². The molecule has 2 atom stereocenters. The molecule has 104 valence electrons. The Morgan fingerprint density at radius 2 is 2.42 bits per heavy atom. The lowest BCUT2D eigenvalue weighted by atomic mass is 10.1. The predicted octanol–water partition coefficient (Wildman–Crippen LogP) is 1.08. The third kappa shape index (κ3) is 3.04. The van der Waals surface area contributed by atoms with Crippen LogP contribution < -0.4 is 15.5 Å². The first kappa shape index (κ1) is 13.8. The van der Waals surface area contributed by atoms with Crippen LogP contribution in [0.2, 0.25) is 0 Å². The van der Waals surface area contributed by atoms with Crippen LogP contribution >= 0.6 is 0 Å². The van der Waals surface area contributed by atoms with E-state index in [0.717, 1.165) is 18.9 Å². The van der Waals surface area contributed by atoms with Crippen LogP contribution in [0.5, 0.6) is 0 Å². The summed E-state index contributed by atoms with van der Waals surface area (Å²) in [6.07, 6.45) is 1.82. The number of aromatic nitrogens is 1. The number of piperazine rings is 1. The first-order valence-corrected chi connectivity index (χ1v) is 6.87. The third-order valence-electron chi connectivity index (χ3n) is 3.57. The van der Waals surface area contributed by atoms with Gasteiger partial charge in [0.1, 0.15) is 11.9 Å². The maximum atomic E-state index is 11.7. The summed E-state index contributed by atoms with van der Waals surface area (Å²) < 4.78 is 0. The Morgan fingerprint density at radius 1 is 1.63 bits per heavy atom. The lowest BCUT2D eigenvalue weighted by Crippen LogP contribution is -2.54. The van der Waals surface area contributed by atoms with E-state index in [4.69, 9.17) is 0 Å². The normalized spacial score (nSPS) is 21.1. The molecule has 5 nitrogen and oxygen atoms in total. The van der Waals surface area contributed by atoms with Gasteiger partial charge < -0.3 is 15.5 Å². The van der Waals surface area contributed by atoms with Crippen LogP contribution in [0.4, 0.5) is 5.82 Å². The summed E-state index contributed by atoms with van der Waals surface area (Å²) in [5, 5.41) is 6.25. The Hall–Kier alpha value is -1.62. The van der Waals surface area contributed by atoms with Gasteiger partial charge in [-0.2, -0.15) is 0 Å². The Balaban J connectivity index is 2.20. The van der Waals surface area contributed by atoms with Crippen molar-refractivity contribution in [3.8, 4) is 0 Å². The van der Waals surface area contributed by atoms with Gasteiger partial charge in [-0.15, -0.1) is 0 Å². The van der Waals surface area contributed by atoms with E-state index in [1.54, 1.807) is 0 Å². The van der Waals surface area contributed by atoms with Gasteiger partial charge in [0.05, 0.1) is 0 Å². The van der Waals surface area contributed by atoms with Crippen molar-refractivity contribution in [3.05, 3.63) is 23.9 Å². The number of nitrogens with zero attached hydrogens (tertiary/aromatic N) is 2. The van der Waals surface area contributed by atoms with E-state index >= 15 is 0 Å². The number of rotatable bonds is 4. The lowest BCUT2D eigenvalue weighted by Gasteiger charge is -2.34. The second-order valence-electron chi connectivity index (χ2n) is 4.89. The molecule has 0 bridgehead atoms. The van der Waals surface area contributed by atoms with Gasteiger partial charge in [-0.25, -0.2) is 4.98 Å². The maximum Gasteiger partial charge on any atom is 0.242 e. The van der Waals surface area contributed by atoms with E-state index in [-0.39, 0.29) is 11.9 Å². The number of carbonyl (C=O) groups excluding carboxylic acids is 1. The highest BCUT2D eigenvalue weighted by molar-refractivity contribution is 5.85. The number of pyridine rings is 1. The second-order valence-corrected chi connectivity index (χ2v) is 4.89. The van der Waals surface area contributed by atoms with Crippen LogP contribution in [0, 0.1) is 0 Å². The van der Waals surface area contributed by atoms with Crippen LogP contribution in [-0.2, 0) is 4.79 Å². The van der Waals surface area contributed by atoms with Gasteiger partial charge in [0.25, 0.3) is 0 Å². The molecule has 1 aliphatic heterocycles. The van der Waals surface area contributed by atoms with Crippen LogP contribution in [-0.4, -0.2) is 36.6 Å². The third-order valence-corrected chi connectivity index (χ3v) is 3.57. The molecule has 0 radical (unpaired) electrons. The maximum absolute atomic E-state index is 11.7. The van der Waals surface area contributed by atoms with Crippen LogP contribution in [0.25, 0.3) is 0 Å². The SMILES string of the molecule is CCNC(C)c1ccnc(N2CCNC(=O)C2C)c1. The quantitative estimate of drug-likeness (QED) is 0.852. The Kier molecular flexibility index (Phi) is 4.37. The Labute approximate surface area is 114 Å². The second kappa shape index (κ2) is 6.02. The van der Waals surface area contributed by atoms with Crippen LogP contribution in [0.1, 0.15) is 32.4 Å². The molecular formula is C14H22N4O. The fraction of sp³-hybridized carbons (Fsp3) is 0.571. The summed E-state index contributed by atoms with van der Waals surface area (Å²) in [5.74, 6) is 0.947. The number of hydrogen-bond donors (Lipinski definition) is 2. The molecule has 2 heterocycles. The molecule has 0 saturated carbocycles. The molecule has 1 saturated heterocycles. The van der Waals surface area contributed by atoms with E-state index < -0.39 is 0 Å². The van der Waals surface area contributed by atoms with E-state index in [2.05, 4.69) is 40.4 Å². The number of nitrogens with one attached hydrogen (secondary N) is 2. The van der Waals surface area contributed by atoms with Crippen molar-refractivity contribution in [3.63, 3.8) is 0 Å². The van der Waals surface area contributed by atoms with E-state index in [1.807, 2.05) is 19.2 Å². The topological polar surface area (TPSA) is 57.3 Å². The highest BCUT2D eigenvalue weighted by Crippen LogP contribution is 2.20. The number of anilines is 1. The summed E-state index contributed by atoms with van der Waals surface area (Å²) in [5.41, 5.74) is 1.20.